The standard InChI is InChI=1S/C31H25F4N3O5/c32-24-13-11-21(12-14-24)20-7-9-22(10-8-20)26(19-28(39)43-30(41)31(33,34)35)37-29(40)23-4-3-5-25(18-23)42-17-16-38-15-2-1-6-27(38)36/h1-15,18,26,36H,16-17,19H2,(H,37,40). The van der Waals surface area contributed by atoms with E-state index in [2.05, 4.69) is 10.1 Å². The van der Waals surface area contributed by atoms with Gasteiger partial charge in [-0.15, -0.1) is 0 Å². The van der Waals surface area contributed by atoms with Gasteiger partial charge in [0.2, 0.25) is 0 Å². The van der Waals surface area contributed by atoms with E-state index < -0.39 is 42.3 Å². The molecule has 0 bridgehead atoms. The van der Waals surface area contributed by atoms with Crippen molar-refractivity contribution in [1.29, 1.82) is 5.41 Å². The van der Waals surface area contributed by atoms with Gasteiger partial charge in [0.1, 0.15) is 23.7 Å². The third kappa shape index (κ3) is 8.62. The summed E-state index contributed by atoms with van der Waals surface area (Å²) in [4.78, 5) is 36.6. The quantitative estimate of drug-likeness (QED) is 0.146. The second-order valence-electron chi connectivity index (χ2n) is 9.27. The molecule has 0 saturated carbocycles. The number of ether oxygens (including phenoxy) is 2. The lowest BCUT2D eigenvalue weighted by atomic mass is 9.98. The van der Waals surface area contributed by atoms with Gasteiger partial charge in [0.25, 0.3) is 5.91 Å². The van der Waals surface area contributed by atoms with Crippen LogP contribution in [0.4, 0.5) is 17.6 Å². The van der Waals surface area contributed by atoms with Crippen LogP contribution >= 0.6 is 0 Å². The van der Waals surface area contributed by atoms with Crippen molar-refractivity contribution in [2.75, 3.05) is 6.61 Å². The Balaban J connectivity index is 1.49. The number of halogens is 4. The van der Waals surface area contributed by atoms with Crippen LogP contribution in [-0.4, -0.2) is 35.2 Å². The van der Waals surface area contributed by atoms with Crippen LogP contribution in [0, 0.1) is 11.2 Å². The Morgan fingerprint density at radius 3 is 2.21 bits per heavy atom. The Morgan fingerprint density at radius 1 is 0.884 bits per heavy atom. The summed E-state index contributed by atoms with van der Waals surface area (Å²) in [5.41, 5.74) is 2.14. The monoisotopic (exact) mass is 595 g/mol. The Kier molecular flexibility index (Phi) is 9.71. The lowest BCUT2D eigenvalue weighted by Crippen LogP contribution is -2.33. The first-order valence-corrected chi connectivity index (χ1v) is 12.9. The SMILES string of the molecule is N=c1ccccn1CCOc1cccc(C(=O)NC(CC(=O)OC(=O)C(F)(F)F)c2ccc(-c3ccc(F)cc3)cc2)c1. The number of alkyl halides is 3. The first-order chi connectivity index (χ1) is 20.5. The predicted molar refractivity (Wildman–Crippen MR) is 146 cm³/mol. The second kappa shape index (κ2) is 13.6. The molecule has 1 aromatic heterocycles. The fourth-order valence-corrected chi connectivity index (χ4v) is 4.07. The molecular weight excluding hydrogens is 570 g/mol. The minimum absolute atomic E-state index is 0.138. The summed E-state index contributed by atoms with van der Waals surface area (Å²) in [6.45, 7) is 0.582. The number of esters is 2. The zero-order chi connectivity index (χ0) is 31.0. The molecule has 0 spiro atoms. The molecule has 0 aliphatic carbocycles. The average molecular weight is 596 g/mol. The van der Waals surface area contributed by atoms with Gasteiger partial charge in [0.15, 0.2) is 0 Å². The first-order valence-electron chi connectivity index (χ1n) is 12.9. The van der Waals surface area contributed by atoms with Crippen LogP contribution in [0.15, 0.2) is 97.2 Å². The van der Waals surface area contributed by atoms with E-state index in [4.69, 9.17) is 10.1 Å². The zero-order valence-electron chi connectivity index (χ0n) is 22.4. The van der Waals surface area contributed by atoms with Gasteiger partial charge in [-0.2, -0.15) is 13.2 Å². The van der Waals surface area contributed by atoms with E-state index in [-0.39, 0.29) is 12.2 Å². The van der Waals surface area contributed by atoms with E-state index >= 15 is 0 Å². The number of carbonyl (C=O) groups is 3. The van der Waals surface area contributed by atoms with Crippen molar-refractivity contribution < 1.29 is 41.4 Å². The van der Waals surface area contributed by atoms with Crippen LogP contribution in [-0.2, 0) is 20.9 Å². The highest BCUT2D eigenvalue weighted by molar-refractivity contribution is 5.95. The third-order valence-corrected chi connectivity index (χ3v) is 6.24. The smallest absolute Gasteiger partial charge is 0.491 e. The highest BCUT2D eigenvalue weighted by atomic mass is 19.4. The molecule has 0 radical (unpaired) electrons. The van der Waals surface area contributed by atoms with E-state index in [0.29, 0.717) is 34.5 Å². The summed E-state index contributed by atoms with van der Waals surface area (Å²) in [5, 5.41) is 10.5. The summed E-state index contributed by atoms with van der Waals surface area (Å²) in [6, 6.07) is 22.2. The zero-order valence-corrected chi connectivity index (χ0v) is 22.4. The molecule has 1 atom stereocenters. The van der Waals surface area contributed by atoms with Crippen LogP contribution in [0.1, 0.15) is 28.4 Å². The normalized spacial score (nSPS) is 11.8. The molecule has 0 aliphatic heterocycles. The van der Waals surface area contributed by atoms with Gasteiger partial charge in [0.05, 0.1) is 19.0 Å². The lowest BCUT2D eigenvalue weighted by molar-refractivity contribution is -0.202. The molecule has 12 heteroatoms. The Labute approximate surface area is 243 Å². The number of hydrogen-bond donors (Lipinski definition) is 2. The number of nitrogens with one attached hydrogen (secondary N) is 2. The van der Waals surface area contributed by atoms with Crippen LogP contribution in [0.2, 0.25) is 0 Å². The molecular formula is C31H25F4N3O5. The van der Waals surface area contributed by atoms with Crippen molar-refractivity contribution in [3.63, 3.8) is 0 Å². The number of hydrogen-bond acceptors (Lipinski definition) is 6. The molecule has 8 nitrogen and oxygen atoms in total. The van der Waals surface area contributed by atoms with Crippen LogP contribution in [0.5, 0.6) is 5.75 Å². The fourth-order valence-electron chi connectivity index (χ4n) is 4.07. The van der Waals surface area contributed by atoms with Crippen molar-refractivity contribution in [2.45, 2.75) is 25.2 Å². The molecule has 4 aromatic rings. The molecule has 1 heterocycles. The summed E-state index contributed by atoms with van der Waals surface area (Å²) in [6.07, 6.45) is -4.41. The minimum atomic E-state index is -5.37. The summed E-state index contributed by atoms with van der Waals surface area (Å²) >= 11 is 0. The van der Waals surface area contributed by atoms with E-state index in [1.807, 2.05) is 0 Å². The summed E-state index contributed by atoms with van der Waals surface area (Å²) in [5.74, 6) is -4.88. The summed E-state index contributed by atoms with van der Waals surface area (Å²) in [7, 11) is 0. The van der Waals surface area contributed by atoms with Crippen LogP contribution < -0.4 is 15.5 Å². The maximum Gasteiger partial charge on any atom is 0.491 e. The average Bonchev–Trinajstić information content (AvgIpc) is 2.98. The van der Waals surface area contributed by atoms with Crippen LogP contribution in [0.3, 0.4) is 0 Å². The molecule has 3 aromatic carbocycles. The summed E-state index contributed by atoms with van der Waals surface area (Å²) < 4.78 is 62.5. The molecule has 1 amide bonds. The van der Waals surface area contributed by atoms with E-state index in [1.54, 1.807) is 77.5 Å². The molecule has 2 N–H and O–H groups in total. The van der Waals surface area contributed by atoms with Gasteiger partial charge < -0.3 is 19.4 Å². The first kappa shape index (κ1) is 30.7. The number of amides is 1. The number of carbonyl (C=O) groups excluding carboxylic acids is 3. The van der Waals surface area contributed by atoms with E-state index in [0.717, 1.165) is 0 Å². The maximum atomic E-state index is 13.3. The third-order valence-electron chi connectivity index (χ3n) is 6.24. The number of benzene rings is 3. The van der Waals surface area contributed by atoms with Crippen molar-refractivity contribution in [2.24, 2.45) is 0 Å². The van der Waals surface area contributed by atoms with Crippen molar-refractivity contribution in [1.82, 2.24) is 9.88 Å². The van der Waals surface area contributed by atoms with Gasteiger partial charge in [-0.1, -0.05) is 48.5 Å². The topological polar surface area (TPSA) is 110 Å². The molecule has 43 heavy (non-hydrogen) atoms. The Hall–Kier alpha value is -5.26. The van der Waals surface area contributed by atoms with Gasteiger partial charge in [-0.25, -0.2) is 9.18 Å². The minimum Gasteiger partial charge on any atom is -0.492 e. The second-order valence-corrected chi connectivity index (χ2v) is 9.27. The van der Waals surface area contributed by atoms with E-state index in [9.17, 15) is 31.9 Å². The number of nitrogens with zero attached hydrogens (tertiary/aromatic N) is 1. The molecule has 4 rings (SSSR count). The largest absolute Gasteiger partial charge is 0.492 e. The number of pyridine rings is 1. The maximum absolute atomic E-state index is 13.3. The number of aromatic nitrogens is 1. The highest BCUT2D eigenvalue weighted by Gasteiger charge is 2.42. The van der Waals surface area contributed by atoms with Gasteiger partial charge in [-0.3, -0.25) is 15.0 Å². The Morgan fingerprint density at radius 2 is 1.56 bits per heavy atom. The molecule has 0 saturated heterocycles. The van der Waals surface area contributed by atoms with Crippen LogP contribution in [0.25, 0.3) is 11.1 Å². The van der Waals surface area contributed by atoms with Crippen molar-refractivity contribution in [3.05, 3.63) is 120 Å². The van der Waals surface area contributed by atoms with Gasteiger partial charge >= 0.3 is 18.1 Å². The van der Waals surface area contributed by atoms with Gasteiger partial charge in [-0.05, 0) is 59.2 Å². The highest BCUT2D eigenvalue weighted by Crippen LogP contribution is 2.26. The van der Waals surface area contributed by atoms with Crippen molar-refractivity contribution in [3.8, 4) is 16.9 Å². The molecule has 0 aliphatic rings. The molecule has 0 fully saturated rings. The molecule has 1 unspecified atom stereocenters. The van der Waals surface area contributed by atoms with Crippen molar-refractivity contribution >= 4 is 17.8 Å². The van der Waals surface area contributed by atoms with Gasteiger partial charge in [0, 0.05) is 11.8 Å². The fraction of sp³-hybridized carbons (Fsp3) is 0.161. The molecule has 222 valence electrons. The number of rotatable bonds is 10. The van der Waals surface area contributed by atoms with E-state index in [1.165, 1.54) is 24.3 Å². The Bertz CT molecular complexity index is 1650. The predicted octanol–water partition coefficient (Wildman–Crippen LogP) is 5.35. The lowest BCUT2D eigenvalue weighted by Gasteiger charge is -2.19.